The van der Waals surface area contributed by atoms with Crippen LogP contribution in [0.25, 0.3) is 0 Å². The molecule has 0 aliphatic heterocycles. The minimum atomic E-state index is -0.558. The van der Waals surface area contributed by atoms with E-state index < -0.39 is 11.6 Å². The van der Waals surface area contributed by atoms with Gasteiger partial charge < -0.3 is 5.32 Å². The SMILES string of the molecule is Fc1cccc(F)c1CNc1c(Br)cc(Br)cc1Br. The Hall–Kier alpha value is -0.460. The summed E-state index contributed by atoms with van der Waals surface area (Å²) in [5.74, 6) is -1.12. The van der Waals surface area contributed by atoms with E-state index in [0.717, 1.165) is 19.1 Å². The van der Waals surface area contributed by atoms with Crippen molar-refractivity contribution < 1.29 is 8.78 Å². The molecule has 2 rings (SSSR count). The molecular weight excluding hydrogens is 448 g/mol. The molecule has 0 aliphatic carbocycles. The molecule has 0 fully saturated rings. The van der Waals surface area contributed by atoms with Crippen LogP contribution in [0.4, 0.5) is 14.5 Å². The zero-order valence-corrected chi connectivity index (χ0v) is 14.2. The fourth-order valence-corrected chi connectivity index (χ4v) is 4.13. The van der Waals surface area contributed by atoms with E-state index in [1.54, 1.807) is 0 Å². The van der Waals surface area contributed by atoms with Crippen LogP contribution < -0.4 is 5.32 Å². The van der Waals surface area contributed by atoms with Crippen molar-refractivity contribution >= 4 is 53.5 Å². The second kappa shape index (κ2) is 6.33. The maximum atomic E-state index is 13.5. The topological polar surface area (TPSA) is 12.0 Å². The standard InChI is InChI=1S/C13H8Br3F2N/c14-7-4-9(15)13(10(16)5-7)19-6-8-11(17)2-1-3-12(8)18/h1-5,19H,6H2. The van der Waals surface area contributed by atoms with E-state index in [1.165, 1.54) is 18.2 Å². The lowest BCUT2D eigenvalue weighted by Gasteiger charge is -2.12. The van der Waals surface area contributed by atoms with Crippen LogP contribution >= 0.6 is 47.8 Å². The van der Waals surface area contributed by atoms with E-state index in [9.17, 15) is 8.78 Å². The molecule has 0 atom stereocenters. The first-order valence-electron chi connectivity index (χ1n) is 5.30. The highest BCUT2D eigenvalue weighted by atomic mass is 79.9. The molecule has 0 radical (unpaired) electrons. The lowest BCUT2D eigenvalue weighted by Crippen LogP contribution is -2.05. The van der Waals surface area contributed by atoms with E-state index >= 15 is 0 Å². The minimum Gasteiger partial charge on any atom is -0.379 e. The van der Waals surface area contributed by atoms with Crippen LogP contribution in [0.3, 0.4) is 0 Å². The van der Waals surface area contributed by atoms with Gasteiger partial charge in [-0.3, -0.25) is 0 Å². The van der Waals surface area contributed by atoms with Gasteiger partial charge in [-0.2, -0.15) is 0 Å². The van der Waals surface area contributed by atoms with E-state index in [1.807, 2.05) is 12.1 Å². The lowest BCUT2D eigenvalue weighted by molar-refractivity contribution is 0.560. The van der Waals surface area contributed by atoms with Gasteiger partial charge in [-0.1, -0.05) is 22.0 Å². The van der Waals surface area contributed by atoms with Gasteiger partial charge in [-0.15, -0.1) is 0 Å². The Kier molecular flexibility index (Phi) is 4.97. The highest BCUT2D eigenvalue weighted by molar-refractivity contribution is 9.11. The number of benzene rings is 2. The van der Waals surface area contributed by atoms with E-state index in [0.29, 0.717) is 0 Å². The average Bonchev–Trinajstić information content (AvgIpc) is 2.31. The first-order chi connectivity index (χ1) is 8.99. The summed E-state index contributed by atoms with van der Waals surface area (Å²) in [5, 5.41) is 3.01. The van der Waals surface area contributed by atoms with Gasteiger partial charge in [0.05, 0.1) is 5.69 Å². The molecule has 0 spiro atoms. The summed E-state index contributed by atoms with van der Waals surface area (Å²) in [4.78, 5) is 0. The molecule has 0 heterocycles. The molecule has 100 valence electrons. The molecule has 1 nitrogen and oxygen atoms in total. The molecule has 2 aromatic carbocycles. The largest absolute Gasteiger partial charge is 0.379 e. The van der Waals surface area contributed by atoms with Crippen molar-refractivity contribution in [1.82, 2.24) is 0 Å². The summed E-state index contributed by atoms with van der Waals surface area (Å²) in [6.07, 6.45) is 0. The maximum absolute atomic E-state index is 13.5. The Balaban J connectivity index is 2.24. The predicted molar refractivity (Wildman–Crippen MR) is 83.2 cm³/mol. The van der Waals surface area contributed by atoms with Gasteiger partial charge >= 0.3 is 0 Å². The first kappa shape index (κ1) is 14.9. The molecule has 0 bridgehead atoms. The second-order valence-electron chi connectivity index (χ2n) is 3.80. The van der Waals surface area contributed by atoms with E-state index in [4.69, 9.17) is 0 Å². The molecule has 0 saturated carbocycles. The third-order valence-electron chi connectivity index (χ3n) is 2.51. The van der Waals surface area contributed by atoms with Crippen LogP contribution in [0, 0.1) is 11.6 Å². The van der Waals surface area contributed by atoms with Crippen LogP contribution in [-0.2, 0) is 6.54 Å². The van der Waals surface area contributed by atoms with Crippen LogP contribution in [0.1, 0.15) is 5.56 Å². The van der Waals surface area contributed by atoms with Crippen molar-refractivity contribution in [2.24, 2.45) is 0 Å². The summed E-state index contributed by atoms with van der Waals surface area (Å²) < 4.78 is 29.5. The normalized spacial score (nSPS) is 10.6. The summed E-state index contributed by atoms with van der Waals surface area (Å²) in [6, 6.07) is 7.53. The Labute approximate surface area is 134 Å². The van der Waals surface area contributed by atoms with Gasteiger partial charge in [-0.25, -0.2) is 8.78 Å². The maximum Gasteiger partial charge on any atom is 0.131 e. The predicted octanol–water partition coefficient (Wildman–Crippen LogP) is 5.86. The third-order valence-corrected chi connectivity index (χ3v) is 4.22. The summed E-state index contributed by atoms with van der Waals surface area (Å²) >= 11 is 10.2. The molecule has 2 aromatic rings. The Morgan fingerprint density at radius 1 is 0.947 bits per heavy atom. The number of rotatable bonds is 3. The van der Waals surface area contributed by atoms with Crippen LogP contribution in [-0.4, -0.2) is 0 Å². The number of nitrogens with one attached hydrogen (secondary N) is 1. The average molecular weight is 456 g/mol. The number of hydrogen-bond donors (Lipinski definition) is 1. The first-order valence-corrected chi connectivity index (χ1v) is 7.68. The fraction of sp³-hybridized carbons (Fsp3) is 0.0769. The number of halogens is 5. The smallest absolute Gasteiger partial charge is 0.131 e. The summed E-state index contributed by atoms with van der Waals surface area (Å²) in [6.45, 7) is 0.0668. The van der Waals surface area contributed by atoms with Gasteiger partial charge in [0.15, 0.2) is 0 Å². The summed E-state index contributed by atoms with van der Waals surface area (Å²) in [5.41, 5.74) is 0.759. The van der Waals surface area contributed by atoms with E-state index in [2.05, 4.69) is 53.1 Å². The van der Waals surface area contributed by atoms with Crippen LogP contribution in [0.15, 0.2) is 43.7 Å². The van der Waals surface area contributed by atoms with Gasteiger partial charge in [0.1, 0.15) is 11.6 Å². The Morgan fingerprint density at radius 3 is 2.00 bits per heavy atom. The molecule has 6 heteroatoms. The molecule has 0 saturated heterocycles. The molecule has 0 aliphatic rings. The molecule has 0 aromatic heterocycles. The molecular formula is C13H8Br3F2N. The molecule has 1 N–H and O–H groups in total. The van der Waals surface area contributed by atoms with Crippen molar-refractivity contribution in [3.8, 4) is 0 Å². The van der Waals surface area contributed by atoms with Crippen LogP contribution in [0.2, 0.25) is 0 Å². The van der Waals surface area contributed by atoms with Crippen molar-refractivity contribution in [1.29, 1.82) is 0 Å². The third kappa shape index (κ3) is 3.55. The zero-order chi connectivity index (χ0) is 14.0. The van der Waals surface area contributed by atoms with Gasteiger partial charge in [0, 0.05) is 25.5 Å². The minimum absolute atomic E-state index is 0.0178. The zero-order valence-electron chi connectivity index (χ0n) is 9.48. The molecule has 19 heavy (non-hydrogen) atoms. The number of hydrogen-bond acceptors (Lipinski definition) is 1. The van der Waals surface area contributed by atoms with Crippen molar-refractivity contribution in [2.75, 3.05) is 5.32 Å². The van der Waals surface area contributed by atoms with Crippen molar-refractivity contribution in [3.05, 3.63) is 60.9 Å². The molecule has 0 amide bonds. The molecule has 0 unspecified atom stereocenters. The fourth-order valence-electron chi connectivity index (χ4n) is 1.59. The quantitative estimate of drug-likeness (QED) is 0.611. The van der Waals surface area contributed by atoms with E-state index in [-0.39, 0.29) is 12.1 Å². The van der Waals surface area contributed by atoms with Crippen molar-refractivity contribution in [2.45, 2.75) is 6.54 Å². The monoisotopic (exact) mass is 453 g/mol. The highest BCUT2D eigenvalue weighted by Gasteiger charge is 2.11. The Morgan fingerprint density at radius 2 is 1.47 bits per heavy atom. The van der Waals surface area contributed by atoms with Crippen molar-refractivity contribution in [3.63, 3.8) is 0 Å². The number of anilines is 1. The lowest BCUT2D eigenvalue weighted by atomic mass is 10.2. The second-order valence-corrected chi connectivity index (χ2v) is 6.42. The highest BCUT2D eigenvalue weighted by Crippen LogP contribution is 2.34. The van der Waals surface area contributed by atoms with Gasteiger partial charge in [-0.05, 0) is 56.1 Å². The van der Waals surface area contributed by atoms with Crippen LogP contribution in [0.5, 0.6) is 0 Å². The van der Waals surface area contributed by atoms with Gasteiger partial charge in [0.2, 0.25) is 0 Å². The summed E-state index contributed by atoms with van der Waals surface area (Å²) in [7, 11) is 0. The van der Waals surface area contributed by atoms with Gasteiger partial charge in [0.25, 0.3) is 0 Å². The Bertz CT molecular complexity index is 574.